The van der Waals surface area contributed by atoms with Crippen molar-refractivity contribution in [2.24, 2.45) is 0 Å². The second-order valence-corrected chi connectivity index (χ2v) is 12.1. The fraction of sp³-hybridized carbons (Fsp3) is 0.438. The fourth-order valence-electron chi connectivity index (χ4n) is 4.65. The summed E-state index contributed by atoms with van der Waals surface area (Å²) in [5.41, 5.74) is 8.46. The number of benzene rings is 2. The minimum Gasteiger partial charge on any atom is -0.478 e. The molecule has 0 aliphatic heterocycles. The fourth-order valence-corrected chi connectivity index (χ4v) is 4.65. The molecule has 0 saturated heterocycles. The zero-order chi connectivity index (χ0) is 27.7. The van der Waals surface area contributed by atoms with Gasteiger partial charge < -0.3 is 10.2 Å². The highest BCUT2D eigenvalue weighted by molar-refractivity contribution is 5.93. The first kappa shape index (κ1) is 29.1. The van der Waals surface area contributed by atoms with Gasteiger partial charge in [0.15, 0.2) is 0 Å². The van der Waals surface area contributed by atoms with Gasteiger partial charge >= 0.3 is 11.9 Å². The summed E-state index contributed by atoms with van der Waals surface area (Å²) in [5.74, 6) is -1.99. The van der Waals surface area contributed by atoms with Crippen LogP contribution in [0.5, 0.6) is 0 Å². The van der Waals surface area contributed by atoms with Crippen LogP contribution in [0.4, 0.5) is 0 Å². The van der Waals surface area contributed by atoms with Gasteiger partial charge in [-0.2, -0.15) is 0 Å². The van der Waals surface area contributed by atoms with E-state index in [9.17, 15) is 19.8 Å². The molecule has 0 aliphatic carbocycles. The number of aliphatic carboxylic acids is 2. The third-order valence-corrected chi connectivity index (χ3v) is 6.66. The van der Waals surface area contributed by atoms with E-state index in [1.165, 1.54) is 0 Å². The normalized spacial score (nSPS) is 14.1. The summed E-state index contributed by atoms with van der Waals surface area (Å²) >= 11 is 0. The Kier molecular flexibility index (Phi) is 8.45. The lowest BCUT2D eigenvalue weighted by Crippen LogP contribution is -2.18. The second-order valence-electron chi connectivity index (χ2n) is 12.1. The lowest BCUT2D eigenvalue weighted by Gasteiger charge is -2.30. The Bertz CT molecular complexity index is 1150. The molecule has 4 heteroatoms. The molecule has 0 radical (unpaired) electrons. The highest BCUT2D eigenvalue weighted by Gasteiger charge is 2.27. The van der Waals surface area contributed by atoms with Gasteiger partial charge in [0, 0.05) is 17.1 Å². The molecule has 2 aromatic carbocycles. The Labute approximate surface area is 216 Å². The van der Waals surface area contributed by atoms with E-state index >= 15 is 0 Å². The Balaban J connectivity index is 3.04. The average molecular weight is 491 g/mol. The van der Waals surface area contributed by atoms with Crippen LogP contribution in [-0.4, -0.2) is 22.2 Å². The van der Waals surface area contributed by atoms with Crippen LogP contribution in [0.25, 0.3) is 12.2 Å². The van der Waals surface area contributed by atoms with E-state index in [1.54, 1.807) is 26.0 Å². The molecule has 2 rings (SSSR count). The molecule has 36 heavy (non-hydrogen) atoms. The molecule has 0 aliphatic rings. The summed E-state index contributed by atoms with van der Waals surface area (Å²) < 4.78 is 0. The minimum absolute atomic E-state index is 0.104. The summed E-state index contributed by atoms with van der Waals surface area (Å²) in [7, 11) is 0. The van der Waals surface area contributed by atoms with Gasteiger partial charge in [0.25, 0.3) is 0 Å². The first-order valence-electron chi connectivity index (χ1n) is 12.5. The number of hydrogen-bond donors (Lipinski definition) is 2. The summed E-state index contributed by atoms with van der Waals surface area (Å²) in [6.07, 6.45) is 3.57. The topological polar surface area (TPSA) is 74.6 Å². The lowest BCUT2D eigenvalue weighted by atomic mass is 9.74. The quantitative estimate of drug-likeness (QED) is 0.402. The minimum atomic E-state index is -0.944. The monoisotopic (exact) mass is 490 g/mol. The van der Waals surface area contributed by atoms with E-state index in [-0.39, 0.29) is 27.9 Å². The molecule has 194 valence electrons. The van der Waals surface area contributed by atoms with Crippen LogP contribution in [0.15, 0.2) is 35.4 Å². The van der Waals surface area contributed by atoms with Crippen molar-refractivity contribution in [2.75, 3.05) is 0 Å². The van der Waals surface area contributed by atoms with Crippen LogP contribution in [0, 0.1) is 13.8 Å². The van der Waals surface area contributed by atoms with Crippen molar-refractivity contribution in [1.82, 2.24) is 0 Å². The second kappa shape index (κ2) is 10.5. The molecule has 2 N–H and O–H groups in total. The van der Waals surface area contributed by atoms with Gasteiger partial charge in [0.2, 0.25) is 0 Å². The van der Waals surface area contributed by atoms with Crippen LogP contribution in [-0.2, 0) is 20.4 Å². The Morgan fingerprint density at radius 3 is 1.25 bits per heavy atom. The Morgan fingerprint density at radius 1 is 0.694 bits per heavy atom. The third kappa shape index (κ3) is 6.54. The molecular weight excluding hydrogens is 448 g/mol. The largest absolute Gasteiger partial charge is 0.478 e. The number of carbonyl (C=O) groups is 2. The van der Waals surface area contributed by atoms with Crippen LogP contribution in [0.3, 0.4) is 0 Å². The summed E-state index contributed by atoms with van der Waals surface area (Å²) in [6.45, 7) is 22.3. The molecule has 0 spiro atoms. The highest BCUT2D eigenvalue weighted by Crippen LogP contribution is 2.40. The van der Waals surface area contributed by atoms with Crippen LogP contribution < -0.4 is 0 Å². The number of carboxylic acid groups (broad SMARTS) is 2. The molecular formula is C32H42O4. The summed E-state index contributed by atoms with van der Waals surface area (Å²) in [4.78, 5) is 23.6. The van der Waals surface area contributed by atoms with Crippen LogP contribution in [0.1, 0.15) is 113 Å². The zero-order valence-corrected chi connectivity index (χ0v) is 23.8. The van der Waals surface area contributed by atoms with Gasteiger partial charge in [-0.05, 0) is 84.1 Å². The van der Waals surface area contributed by atoms with Crippen molar-refractivity contribution < 1.29 is 19.8 Å². The Morgan fingerprint density at radius 2 is 1.00 bits per heavy atom. The van der Waals surface area contributed by atoms with E-state index in [2.05, 4.69) is 86.6 Å². The molecule has 0 heterocycles. The Hall–Kier alpha value is -3.14. The predicted octanol–water partition coefficient (Wildman–Crippen LogP) is 8.03. The van der Waals surface area contributed by atoms with Gasteiger partial charge in [0.05, 0.1) is 0 Å². The molecule has 0 amide bonds. The predicted molar refractivity (Wildman–Crippen MR) is 150 cm³/mol. The zero-order valence-electron chi connectivity index (χ0n) is 23.8. The molecule has 0 aromatic heterocycles. The van der Waals surface area contributed by atoms with E-state index in [4.69, 9.17) is 0 Å². The third-order valence-electron chi connectivity index (χ3n) is 6.66. The first-order chi connectivity index (χ1) is 16.3. The lowest BCUT2D eigenvalue weighted by molar-refractivity contribution is -0.133. The van der Waals surface area contributed by atoms with Crippen molar-refractivity contribution in [1.29, 1.82) is 0 Å². The van der Waals surface area contributed by atoms with Crippen molar-refractivity contribution in [3.63, 3.8) is 0 Å². The maximum atomic E-state index is 11.8. The molecule has 0 fully saturated rings. The molecule has 0 bridgehead atoms. The SMILES string of the molecule is CC(=Cc1c(C(C)c2cc(C)cc(C(C)(C)C)c2C=C(C)C(=O)O)cc(C)cc1C(C)(C)C)C(=O)O. The van der Waals surface area contributed by atoms with Gasteiger partial charge in [-0.1, -0.05) is 83.9 Å². The number of carboxylic acids is 2. The average Bonchev–Trinajstić information content (AvgIpc) is 2.73. The van der Waals surface area contributed by atoms with Crippen molar-refractivity contribution >= 4 is 24.1 Å². The van der Waals surface area contributed by atoms with Crippen LogP contribution >= 0.6 is 0 Å². The maximum Gasteiger partial charge on any atom is 0.331 e. The summed E-state index contributed by atoms with van der Waals surface area (Å²) in [6, 6.07) is 8.56. The van der Waals surface area contributed by atoms with Crippen molar-refractivity contribution in [3.05, 3.63) is 79.9 Å². The van der Waals surface area contributed by atoms with Gasteiger partial charge in [0.1, 0.15) is 0 Å². The van der Waals surface area contributed by atoms with Gasteiger partial charge in [-0.15, -0.1) is 0 Å². The maximum absolute atomic E-state index is 11.8. The van der Waals surface area contributed by atoms with Gasteiger partial charge in [-0.25, -0.2) is 9.59 Å². The van der Waals surface area contributed by atoms with Crippen LogP contribution in [0.2, 0.25) is 0 Å². The number of rotatable bonds is 6. The smallest absolute Gasteiger partial charge is 0.331 e. The van der Waals surface area contributed by atoms with E-state index < -0.39 is 11.9 Å². The molecule has 2 aromatic rings. The molecule has 4 nitrogen and oxygen atoms in total. The molecule has 0 unspecified atom stereocenters. The van der Waals surface area contributed by atoms with E-state index in [0.29, 0.717) is 0 Å². The standard InChI is InChI=1S/C32H42O4/c1-18-12-23(25(16-20(3)29(33)34)27(14-18)31(6,7)8)22(5)24-13-19(2)15-28(32(9,10)11)26(24)17-21(4)30(35)36/h12-17,22H,1-11H3,(H,33,34)(H,35,36). The molecule has 0 saturated carbocycles. The summed E-state index contributed by atoms with van der Waals surface area (Å²) in [5, 5.41) is 19.3. The van der Waals surface area contributed by atoms with Crippen molar-refractivity contribution in [2.45, 2.75) is 92.9 Å². The van der Waals surface area contributed by atoms with Crippen molar-refractivity contribution in [3.8, 4) is 0 Å². The number of hydrogen-bond acceptors (Lipinski definition) is 2. The first-order valence-corrected chi connectivity index (χ1v) is 12.5. The van der Waals surface area contributed by atoms with Gasteiger partial charge in [-0.3, -0.25) is 0 Å². The van der Waals surface area contributed by atoms with E-state index in [1.807, 2.05) is 0 Å². The highest BCUT2D eigenvalue weighted by atomic mass is 16.4. The molecule has 0 atom stereocenters. The van der Waals surface area contributed by atoms with E-state index in [0.717, 1.165) is 44.5 Å². The number of aryl methyl sites for hydroxylation is 2.